The fourth-order valence-corrected chi connectivity index (χ4v) is 1.37. The molecule has 0 aromatic carbocycles. The molecule has 3 heteroatoms. The van der Waals surface area contributed by atoms with Crippen LogP contribution in [-0.2, 0) is 0 Å². The van der Waals surface area contributed by atoms with Crippen LogP contribution in [0.15, 0.2) is 0 Å². The zero-order chi connectivity index (χ0) is 12.3. The largest absolute Gasteiger partial charge is 0.393 e. The highest BCUT2D eigenvalue weighted by molar-refractivity contribution is 4.82. The molecule has 0 heterocycles. The van der Waals surface area contributed by atoms with E-state index >= 15 is 0 Å². The van der Waals surface area contributed by atoms with Crippen LogP contribution in [0.25, 0.3) is 0 Å². The molecule has 15 heavy (non-hydrogen) atoms. The van der Waals surface area contributed by atoms with Crippen LogP contribution in [0.2, 0.25) is 0 Å². The second-order valence-corrected chi connectivity index (χ2v) is 6.14. The van der Waals surface area contributed by atoms with Crippen LogP contribution in [0.5, 0.6) is 0 Å². The van der Waals surface area contributed by atoms with E-state index < -0.39 is 0 Å². The third kappa shape index (κ3) is 7.77. The second kappa shape index (κ2) is 5.28. The fraction of sp³-hybridized carbons (Fsp3) is 1.00. The molecule has 0 spiro atoms. The van der Waals surface area contributed by atoms with E-state index in [2.05, 4.69) is 6.92 Å². The Morgan fingerprint density at radius 1 is 1.13 bits per heavy atom. The zero-order valence-corrected chi connectivity index (χ0v) is 10.9. The Labute approximate surface area is 94.2 Å². The number of rotatable bonds is 6. The highest BCUT2D eigenvalue weighted by Crippen LogP contribution is 2.21. The lowest BCUT2D eigenvalue weighted by molar-refractivity contribution is 0.111. The van der Waals surface area contributed by atoms with Crippen molar-refractivity contribution in [3.63, 3.8) is 0 Å². The van der Waals surface area contributed by atoms with Gasteiger partial charge >= 0.3 is 0 Å². The Morgan fingerprint density at radius 2 is 1.60 bits per heavy atom. The van der Waals surface area contributed by atoms with Crippen molar-refractivity contribution in [2.75, 3.05) is 0 Å². The van der Waals surface area contributed by atoms with E-state index in [1.165, 1.54) is 0 Å². The van der Waals surface area contributed by atoms with Gasteiger partial charge in [-0.05, 0) is 52.9 Å². The van der Waals surface area contributed by atoms with Crippen molar-refractivity contribution in [2.45, 2.75) is 71.1 Å². The molecule has 2 unspecified atom stereocenters. The predicted octanol–water partition coefficient (Wildman–Crippen LogP) is 1.63. The Kier molecular flexibility index (Phi) is 5.24. The van der Waals surface area contributed by atoms with E-state index in [0.717, 1.165) is 19.3 Å². The summed E-state index contributed by atoms with van der Waals surface area (Å²) >= 11 is 0. The first-order chi connectivity index (χ1) is 6.52. The third-order valence-electron chi connectivity index (χ3n) is 3.02. The van der Waals surface area contributed by atoms with Crippen molar-refractivity contribution in [1.29, 1.82) is 0 Å². The quantitative estimate of drug-likeness (QED) is 0.632. The Bertz CT molecular complexity index is 179. The van der Waals surface area contributed by atoms with E-state index in [-0.39, 0.29) is 17.2 Å². The van der Waals surface area contributed by atoms with Crippen molar-refractivity contribution in [1.82, 2.24) is 0 Å². The highest BCUT2D eigenvalue weighted by atomic mass is 16.3. The summed E-state index contributed by atoms with van der Waals surface area (Å²) in [7, 11) is 0. The zero-order valence-electron chi connectivity index (χ0n) is 10.9. The number of aliphatic hydroxyl groups excluding tert-OH is 1. The van der Waals surface area contributed by atoms with Crippen molar-refractivity contribution < 1.29 is 5.11 Å². The number of hydrogen-bond acceptors (Lipinski definition) is 3. The fourth-order valence-electron chi connectivity index (χ4n) is 1.37. The molecule has 0 saturated carbocycles. The molecule has 0 aliphatic heterocycles. The summed E-state index contributed by atoms with van der Waals surface area (Å²) in [5.41, 5.74) is 11.4. The molecule has 3 nitrogen and oxygen atoms in total. The minimum absolute atomic E-state index is 0.192. The molecule has 0 amide bonds. The van der Waals surface area contributed by atoms with Crippen molar-refractivity contribution in [2.24, 2.45) is 17.4 Å². The maximum Gasteiger partial charge on any atom is 0.0544 e. The van der Waals surface area contributed by atoms with Crippen molar-refractivity contribution in [3.8, 4) is 0 Å². The Hall–Kier alpha value is -0.120. The summed E-state index contributed by atoms with van der Waals surface area (Å²) in [6.07, 6.45) is 2.06. The molecule has 0 saturated heterocycles. The molecule has 0 rings (SSSR count). The Morgan fingerprint density at radius 3 is 1.93 bits per heavy atom. The summed E-state index contributed by atoms with van der Waals surface area (Å²) in [4.78, 5) is 0. The van der Waals surface area contributed by atoms with Gasteiger partial charge in [-0.1, -0.05) is 6.92 Å². The summed E-state index contributed by atoms with van der Waals surface area (Å²) in [5, 5.41) is 9.84. The molecule has 0 aromatic rings. The molecule has 5 N–H and O–H groups in total. The minimum atomic E-state index is -0.286. The normalized spacial score (nSPS) is 17.6. The van der Waals surface area contributed by atoms with Gasteiger partial charge in [0, 0.05) is 11.1 Å². The van der Waals surface area contributed by atoms with Gasteiger partial charge in [0.15, 0.2) is 0 Å². The molecular weight excluding hydrogens is 188 g/mol. The maximum absolute atomic E-state index is 9.84. The van der Waals surface area contributed by atoms with E-state index in [0.29, 0.717) is 5.92 Å². The lowest BCUT2D eigenvalue weighted by atomic mass is 9.84. The molecule has 92 valence electrons. The topological polar surface area (TPSA) is 72.3 Å². The van der Waals surface area contributed by atoms with E-state index in [1.807, 2.05) is 27.7 Å². The van der Waals surface area contributed by atoms with Gasteiger partial charge in [-0.2, -0.15) is 0 Å². The number of hydrogen-bond donors (Lipinski definition) is 3. The van der Waals surface area contributed by atoms with Gasteiger partial charge in [0.05, 0.1) is 6.10 Å². The first-order valence-corrected chi connectivity index (χ1v) is 5.78. The van der Waals surface area contributed by atoms with Gasteiger partial charge in [-0.15, -0.1) is 0 Å². The van der Waals surface area contributed by atoms with Crippen molar-refractivity contribution >= 4 is 0 Å². The summed E-state index contributed by atoms with van der Waals surface area (Å²) in [5.74, 6) is 0.313. The molecule has 2 atom stereocenters. The van der Waals surface area contributed by atoms with Gasteiger partial charge in [0.25, 0.3) is 0 Å². The Balaban J connectivity index is 3.89. The minimum Gasteiger partial charge on any atom is -0.393 e. The standard InChI is InChI=1S/C12H28N2O/c1-9(12(4,5)14)8-10(15)6-7-11(2,3)13/h9-10,15H,6-8,13-14H2,1-5H3. The van der Waals surface area contributed by atoms with Gasteiger partial charge < -0.3 is 16.6 Å². The smallest absolute Gasteiger partial charge is 0.0544 e. The van der Waals surface area contributed by atoms with Gasteiger partial charge in [-0.25, -0.2) is 0 Å². The second-order valence-electron chi connectivity index (χ2n) is 6.14. The molecule has 0 bridgehead atoms. The lowest BCUT2D eigenvalue weighted by Gasteiger charge is -2.29. The summed E-state index contributed by atoms with van der Waals surface area (Å²) in [6.45, 7) is 10.0. The SMILES string of the molecule is CC(CC(O)CCC(C)(C)N)C(C)(C)N. The molecule has 0 aliphatic carbocycles. The molecule has 0 aliphatic rings. The summed E-state index contributed by atoms with van der Waals surface area (Å²) < 4.78 is 0. The maximum atomic E-state index is 9.84. The number of aliphatic hydroxyl groups is 1. The van der Waals surface area contributed by atoms with Gasteiger partial charge in [0.1, 0.15) is 0 Å². The molecule has 0 aromatic heterocycles. The first kappa shape index (κ1) is 14.9. The lowest BCUT2D eigenvalue weighted by Crippen LogP contribution is -2.41. The first-order valence-electron chi connectivity index (χ1n) is 5.78. The average molecular weight is 216 g/mol. The van der Waals surface area contributed by atoms with Crippen LogP contribution in [0, 0.1) is 5.92 Å². The van der Waals surface area contributed by atoms with E-state index in [1.54, 1.807) is 0 Å². The van der Waals surface area contributed by atoms with E-state index in [4.69, 9.17) is 11.5 Å². The molecular formula is C12H28N2O. The van der Waals surface area contributed by atoms with Crippen LogP contribution >= 0.6 is 0 Å². The van der Waals surface area contributed by atoms with Crippen LogP contribution in [0.4, 0.5) is 0 Å². The van der Waals surface area contributed by atoms with Crippen molar-refractivity contribution in [3.05, 3.63) is 0 Å². The van der Waals surface area contributed by atoms with Gasteiger partial charge in [-0.3, -0.25) is 0 Å². The van der Waals surface area contributed by atoms with Crippen LogP contribution in [0.1, 0.15) is 53.9 Å². The molecule has 0 fully saturated rings. The predicted molar refractivity (Wildman–Crippen MR) is 65.6 cm³/mol. The third-order valence-corrected chi connectivity index (χ3v) is 3.02. The average Bonchev–Trinajstić information content (AvgIpc) is 1.97. The summed E-state index contributed by atoms with van der Waals surface area (Å²) in [6, 6.07) is 0. The van der Waals surface area contributed by atoms with Crippen LogP contribution in [-0.4, -0.2) is 22.3 Å². The van der Waals surface area contributed by atoms with Gasteiger partial charge in [0.2, 0.25) is 0 Å². The molecule has 0 radical (unpaired) electrons. The number of nitrogens with two attached hydrogens (primary N) is 2. The highest BCUT2D eigenvalue weighted by Gasteiger charge is 2.24. The van der Waals surface area contributed by atoms with E-state index in [9.17, 15) is 5.11 Å². The van der Waals surface area contributed by atoms with Crippen LogP contribution < -0.4 is 11.5 Å². The van der Waals surface area contributed by atoms with Crippen LogP contribution in [0.3, 0.4) is 0 Å². The monoisotopic (exact) mass is 216 g/mol.